The average molecular weight is 488 g/mol. The normalized spacial score (nSPS) is 12.4. The highest BCUT2D eigenvalue weighted by molar-refractivity contribution is 6.35. The van der Waals surface area contributed by atoms with Crippen LogP contribution in [0.2, 0.25) is 5.02 Å². The molecule has 4 aromatic rings. The summed E-state index contributed by atoms with van der Waals surface area (Å²) in [6.45, 7) is 8.58. The van der Waals surface area contributed by atoms with Gasteiger partial charge in [-0.1, -0.05) is 74.3 Å². The summed E-state index contributed by atoms with van der Waals surface area (Å²) in [6.07, 6.45) is 1.61. The molecule has 6 heteroatoms. The van der Waals surface area contributed by atoms with Crippen LogP contribution < -0.4 is 10.6 Å². The zero-order valence-corrected chi connectivity index (χ0v) is 21.1. The van der Waals surface area contributed by atoms with E-state index in [1.165, 1.54) is 5.56 Å². The number of rotatable bonds is 6. The third-order valence-electron chi connectivity index (χ3n) is 6.08. The maximum absolute atomic E-state index is 13.0. The molecule has 180 valence electrons. The summed E-state index contributed by atoms with van der Waals surface area (Å²) >= 11 is 6.54. The number of phenols is 1. The fourth-order valence-corrected chi connectivity index (χ4v) is 4.28. The van der Waals surface area contributed by atoms with Crippen molar-refractivity contribution >= 4 is 34.1 Å². The van der Waals surface area contributed by atoms with E-state index < -0.39 is 6.04 Å². The Hall–Kier alpha value is -3.57. The summed E-state index contributed by atoms with van der Waals surface area (Å²) in [7, 11) is 0. The molecule has 1 heterocycles. The van der Waals surface area contributed by atoms with Crippen molar-refractivity contribution in [3.05, 3.63) is 100 Å². The second-order valence-electron chi connectivity index (χ2n) is 9.79. The fraction of sp³-hybridized carbons (Fsp3) is 0.241. The van der Waals surface area contributed by atoms with E-state index in [1.807, 2.05) is 49.4 Å². The molecular weight excluding hydrogens is 458 g/mol. The minimum Gasteiger partial charge on any atom is -0.505 e. The molecule has 5 nitrogen and oxygen atoms in total. The second kappa shape index (κ2) is 9.96. The maximum Gasteiger partial charge on any atom is 0.240 e. The van der Waals surface area contributed by atoms with E-state index in [4.69, 9.17) is 11.6 Å². The standard InChI is InChI=1S/C29H30ClN3O2/c1-18-7-9-19(10-8-18)26(23-16-24(30)22-6-5-15-31-27(22)28(23)35)33-25(34)17-32-21-13-11-20(12-14-21)29(2,3)4/h5-16,26,32,35H,17H2,1-4H3,(H,33,34). The first kappa shape index (κ1) is 24.6. The Morgan fingerprint density at radius 2 is 1.74 bits per heavy atom. The molecule has 0 spiro atoms. The van der Waals surface area contributed by atoms with E-state index in [1.54, 1.807) is 18.3 Å². The topological polar surface area (TPSA) is 74.2 Å². The Kier molecular flexibility index (Phi) is 6.99. The zero-order chi connectivity index (χ0) is 25.2. The van der Waals surface area contributed by atoms with Gasteiger partial charge in [-0.15, -0.1) is 0 Å². The number of fused-ring (bicyclic) bond motifs is 1. The molecule has 1 atom stereocenters. The number of aryl methyl sites for hydroxylation is 1. The number of aromatic hydroxyl groups is 1. The number of hydrogen-bond donors (Lipinski definition) is 3. The number of nitrogens with one attached hydrogen (secondary N) is 2. The third-order valence-corrected chi connectivity index (χ3v) is 6.39. The van der Waals surface area contributed by atoms with Crippen molar-refractivity contribution in [2.45, 2.75) is 39.2 Å². The number of carbonyl (C=O) groups excluding carboxylic acids is 1. The lowest BCUT2D eigenvalue weighted by Crippen LogP contribution is -2.34. The number of carbonyl (C=O) groups is 1. The van der Waals surface area contributed by atoms with E-state index >= 15 is 0 Å². The lowest BCUT2D eigenvalue weighted by molar-refractivity contribution is -0.119. The molecule has 0 aliphatic carbocycles. The number of phenolic OH excluding ortho intramolecular Hbond substituents is 1. The first-order valence-electron chi connectivity index (χ1n) is 11.6. The Balaban J connectivity index is 1.60. The zero-order valence-electron chi connectivity index (χ0n) is 20.4. The van der Waals surface area contributed by atoms with Crippen LogP contribution in [0.15, 0.2) is 72.9 Å². The number of hydrogen-bond acceptors (Lipinski definition) is 4. The van der Waals surface area contributed by atoms with Crippen LogP contribution in [0.3, 0.4) is 0 Å². The number of anilines is 1. The molecule has 35 heavy (non-hydrogen) atoms. The number of benzene rings is 3. The number of halogens is 1. The van der Waals surface area contributed by atoms with Crippen molar-refractivity contribution in [2.75, 3.05) is 11.9 Å². The van der Waals surface area contributed by atoms with Crippen LogP contribution in [0.25, 0.3) is 10.9 Å². The van der Waals surface area contributed by atoms with Gasteiger partial charge < -0.3 is 15.7 Å². The van der Waals surface area contributed by atoms with E-state index in [0.29, 0.717) is 21.5 Å². The van der Waals surface area contributed by atoms with E-state index in [0.717, 1.165) is 16.8 Å². The van der Waals surface area contributed by atoms with Gasteiger partial charge >= 0.3 is 0 Å². The maximum atomic E-state index is 13.0. The van der Waals surface area contributed by atoms with Crippen molar-refractivity contribution in [3.8, 4) is 5.75 Å². The van der Waals surface area contributed by atoms with E-state index in [9.17, 15) is 9.90 Å². The highest BCUT2D eigenvalue weighted by atomic mass is 35.5. The first-order chi connectivity index (χ1) is 16.6. The Morgan fingerprint density at radius 1 is 1.06 bits per heavy atom. The van der Waals surface area contributed by atoms with Gasteiger partial charge in [-0.05, 0) is 53.8 Å². The minimum absolute atomic E-state index is 0.00148. The lowest BCUT2D eigenvalue weighted by Gasteiger charge is -2.22. The average Bonchev–Trinajstić information content (AvgIpc) is 2.84. The van der Waals surface area contributed by atoms with Crippen LogP contribution in [0.4, 0.5) is 5.69 Å². The van der Waals surface area contributed by atoms with Gasteiger partial charge in [-0.3, -0.25) is 9.78 Å². The smallest absolute Gasteiger partial charge is 0.240 e. The Bertz CT molecular complexity index is 1340. The van der Waals surface area contributed by atoms with E-state index in [-0.39, 0.29) is 23.6 Å². The molecule has 0 fully saturated rings. The summed E-state index contributed by atoms with van der Waals surface area (Å²) in [4.78, 5) is 17.3. The molecule has 1 aromatic heterocycles. The molecule has 1 unspecified atom stereocenters. The fourth-order valence-electron chi connectivity index (χ4n) is 4.01. The van der Waals surface area contributed by atoms with Crippen molar-refractivity contribution in [3.63, 3.8) is 0 Å². The molecule has 0 saturated heterocycles. The molecular formula is C29H30ClN3O2. The van der Waals surface area contributed by atoms with Crippen LogP contribution in [-0.4, -0.2) is 22.5 Å². The summed E-state index contributed by atoms with van der Waals surface area (Å²) in [5.74, 6) is -0.214. The predicted octanol–water partition coefficient (Wildman–Crippen LogP) is 6.52. The minimum atomic E-state index is -0.600. The molecule has 3 aromatic carbocycles. The first-order valence-corrected chi connectivity index (χ1v) is 12.0. The number of aromatic nitrogens is 1. The number of amides is 1. The van der Waals surface area contributed by atoms with E-state index in [2.05, 4.69) is 48.5 Å². The van der Waals surface area contributed by atoms with Gasteiger partial charge in [-0.25, -0.2) is 0 Å². The molecule has 0 radical (unpaired) electrons. The molecule has 0 bridgehead atoms. The molecule has 0 aliphatic rings. The number of pyridine rings is 1. The summed E-state index contributed by atoms with van der Waals surface area (Å²) in [5, 5.41) is 18.4. The van der Waals surface area contributed by atoms with Gasteiger partial charge in [-0.2, -0.15) is 0 Å². The molecule has 0 aliphatic heterocycles. The van der Waals surface area contributed by atoms with Gasteiger partial charge in [0.05, 0.1) is 17.6 Å². The second-order valence-corrected chi connectivity index (χ2v) is 10.2. The van der Waals surface area contributed by atoms with Crippen molar-refractivity contribution < 1.29 is 9.90 Å². The SMILES string of the molecule is Cc1ccc(C(NC(=O)CNc2ccc(C(C)(C)C)cc2)c2cc(Cl)c3cccnc3c2O)cc1. The molecule has 1 amide bonds. The third kappa shape index (κ3) is 5.57. The van der Waals surface area contributed by atoms with Gasteiger partial charge in [0, 0.05) is 22.8 Å². The summed E-state index contributed by atoms with van der Waals surface area (Å²) in [6, 6.07) is 20.6. The van der Waals surface area contributed by atoms with Crippen LogP contribution >= 0.6 is 11.6 Å². The predicted molar refractivity (Wildman–Crippen MR) is 143 cm³/mol. The van der Waals surface area contributed by atoms with Crippen LogP contribution in [0.1, 0.15) is 49.1 Å². The van der Waals surface area contributed by atoms with Crippen molar-refractivity contribution in [1.29, 1.82) is 0 Å². The Labute approximate surface area is 211 Å². The highest BCUT2D eigenvalue weighted by Gasteiger charge is 2.23. The lowest BCUT2D eigenvalue weighted by atomic mass is 9.87. The van der Waals surface area contributed by atoms with Gasteiger partial charge in [0.2, 0.25) is 5.91 Å². The van der Waals surface area contributed by atoms with Gasteiger partial charge in [0.15, 0.2) is 0 Å². The van der Waals surface area contributed by atoms with Crippen molar-refractivity contribution in [1.82, 2.24) is 10.3 Å². The Morgan fingerprint density at radius 3 is 2.40 bits per heavy atom. The van der Waals surface area contributed by atoms with Gasteiger partial charge in [0.1, 0.15) is 11.3 Å². The summed E-state index contributed by atoms with van der Waals surface area (Å²) < 4.78 is 0. The van der Waals surface area contributed by atoms with Crippen LogP contribution in [-0.2, 0) is 10.2 Å². The summed E-state index contributed by atoms with van der Waals surface area (Å²) in [5.41, 5.74) is 4.98. The molecule has 4 rings (SSSR count). The molecule has 3 N–H and O–H groups in total. The largest absolute Gasteiger partial charge is 0.505 e. The highest BCUT2D eigenvalue weighted by Crippen LogP contribution is 2.38. The van der Waals surface area contributed by atoms with Crippen LogP contribution in [0, 0.1) is 6.92 Å². The number of nitrogens with zero attached hydrogens (tertiary/aromatic N) is 1. The van der Waals surface area contributed by atoms with Gasteiger partial charge in [0.25, 0.3) is 0 Å². The molecule has 0 saturated carbocycles. The monoisotopic (exact) mass is 487 g/mol. The quantitative estimate of drug-likeness (QED) is 0.289. The van der Waals surface area contributed by atoms with Crippen molar-refractivity contribution in [2.24, 2.45) is 0 Å². The van der Waals surface area contributed by atoms with Crippen LogP contribution in [0.5, 0.6) is 5.75 Å².